The summed E-state index contributed by atoms with van der Waals surface area (Å²) in [7, 11) is 0. The molecule has 1 aromatic heterocycles. The minimum absolute atomic E-state index is 0.120. The van der Waals surface area contributed by atoms with E-state index in [9.17, 15) is 4.79 Å². The Labute approximate surface area is 156 Å². The van der Waals surface area contributed by atoms with Crippen molar-refractivity contribution < 1.29 is 14.3 Å². The predicted molar refractivity (Wildman–Crippen MR) is 101 cm³/mol. The monoisotopic (exact) mass is 375 g/mol. The molecule has 132 valence electrons. The number of carbonyl (C=O) groups is 1. The van der Waals surface area contributed by atoms with E-state index in [2.05, 4.69) is 11.4 Å². The lowest BCUT2D eigenvalue weighted by atomic mass is 10.1. The number of hydrogen-bond donors (Lipinski definition) is 0. The number of nitrogens with zero attached hydrogens (tertiary/aromatic N) is 1. The molecule has 0 fully saturated rings. The zero-order chi connectivity index (χ0) is 17.2. The van der Waals surface area contributed by atoms with Crippen molar-refractivity contribution in [3.05, 3.63) is 40.1 Å². The second-order valence-electron chi connectivity index (χ2n) is 6.30. The van der Waals surface area contributed by atoms with Gasteiger partial charge in [0.1, 0.15) is 0 Å². The lowest BCUT2D eigenvalue weighted by Crippen LogP contribution is -2.39. The molecule has 25 heavy (non-hydrogen) atoms. The van der Waals surface area contributed by atoms with Crippen molar-refractivity contribution in [3.8, 4) is 11.5 Å². The number of amides is 1. The molecule has 0 spiro atoms. The third-order valence-electron chi connectivity index (χ3n) is 4.50. The van der Waals surface area contributed by atoms with Gasteiger partial charge in [0.2, 0.25) is 5.91 Å². The van der Waals surface area contributed by atoms with Crippen LogP contribution in [0, 0.1) is 0 Å². The molecule has 6 heteroatoms. The molecule has 0 saturated heterocycles. The minimum Gasteiger partial charge on any atom is -0.490 e. The number of thiophene rings is 1. The van der Waals surface area contributed by atoms with Crippen LogP contribution >= 0.6 is 23.1 Å². The van der Waals surface area contributed by atoms with Gasteiger partial charge in [-0.3, -0.25) is 4.79 Å². The minimum atomic E-state index is -0.120. The number of hydrogen-bond acceptors (Lipinski definition) is 5. The lowest BCUT2D eigenvalue weighted by molar-refractivity contribution is -0.131. The number of benzene rings is 1. The molecular weight excluding hydrogens is 354 g/mol. The second kappa shape index (κ2) is 7.30. The van der Waals surface area contributed by atoms with E-state index < -0.39 is 0 Å². The first-order valence-corrected chi connectivity index (χ1v) is 10.4. The van der Waals surface area contributed by atoms with Crippen LogP contribution in [0.3, 0.4) is 0 Å². The van der Waals surface area contributed by atoms with Crippen molar-refractivity contribution in [2.24, 2.45) is 0 Å². The van der Waals surface area contributed by atoms with Crippen LogP contribution in [0.1, 0.15) is 23.8 Å². The highest BCUT2D eigenvalue weighted by Gasteiger charge is 2.26. The lowest BCUT2D eigenvalue weighted by Gasteiger charge is -2.29. The average molecular weight is 376 g/mol. The van der Waals surface area contributed by atoms with Gasteiger partial charge in [0.05, 0.1) is 18.5 Å². The molecule has 1 aromatic carbocycles. The molecule has 2 aromatic rings. The zero-order valence-corrected chi connectivity index (χ0v) is 15.8. The molecular formula is C19H21NO3S2. The van der Waals surface area contributed by atoms with Gasteiger partial charge < -0.3 is 14.4 Å². The van der Waals surface area contributed by atoms with Gasteiger partial charge in [-0.15, -0.1) is 23.1 Å². The van der Waals surface area contributed by atoms with Crippen LogP contribution in [-0.4, -0.2) is 35.8 Å². The molecule has 4 nitrogen and oxygen atoms in total. The number of thioether (sulfide) groups is 1. The first-order chi connectivity index (χ1) is 12.2. The third kappa shape index (κ3) is 3.65. The molecule has 0 radical (unpaired) electrons. The van der Waals surface area contributed by atoms with Crippen molar-refractivity contribution in [2.45, 2.75) is 36.5 Å². The highest BCUT2D eigenvalue weighted by atomic mass is 32.2. The Morgan fingerprint density at radius 3 is 2.96 bits per heavy atom. The summed E-state index contributed by atoms with van der Waals surface area (Å²) in [5.41, 5.74) is 1.30. The van der Waals surface area contributed by atoms with Gasteiger partial charge in [0.15, 0.2) is 11.5 Å². The van der Waals surface area contributed by atoms with Crippen LogP contribution in [0.4, 0.5) is 0 Å². The third-order valence-corrected chi connectivity index (χ3v) is 6.60. The maximum absolute atomic E-state index is 12.8. The smallest absolute Gasteiger partial charge is 0.236 e. The van der Waals surface area contributed by atoms with Crippen LogP contribution in [0.5, 0.6) is 11.5 Å². The highest BCUT2D eigenvalue weighted by molar-refractivity contribution is 8.00. The number of rotatable bonds is 3. The second-order valence-corrected chi connectivity index (χ2v) is 8.71. The predicted octanol–water partition coefficient (Wildman–Crippen LogP) is 3.97. The summed E-state index contributed by atoms with van der Waals surface area (Å²) in [6.07, 6.45) is 1.87. The summed E-state index contributed by atoms with van der Waals surface area (Å²) < 4.78 is 11.4. The SMILES string of the molecule is CC(Sc1ccc2c(c1)OCCCO2)C(=O)N1CCc2sccc2C1. The number of fused-ring (bicyclic) bond motifs is 2. The standard InChI is InChI=1S/C19H21NO3S2/c1-13(19(21)20-7-5-18-14(12-20)6-10-24-18)25-15-3-4-16-17(11-15)23-9-2-8-22-16/h3-4,6,10-11,13H,2,5,7-9,12H2,1H3. The summed E-state index contributed by atoms with van der Waals surface area (Å²) in [6, 6.07) is 8.08. The van der Waals surface area contributed by atoms with Crippen molar-refractivity contribution in [1.29, 1.82) is 0 Å². The van der Waals surface area contributed by atoms with Crippen LogP contribution in [-0.2, 0) is 17.8 Å². The van der Waals surface area contributed by atoms with E-state index in [-0.39, 0.29) is 11.2 Å². The van der Waals surface area contributed by atoms with E-state index in [0.717, 1.165) is 42.3 Å². The molecule has 2 aliphatic rings. The van der Waals surface area contributed by atoms with Crippen molar-refractivity contribution in [3.63, 3.8) is 0 Å². The van der Waals surface area contributed by atoms with Gasteiger partial charge in [0.25, 0.3) is 0 Å². The maximum Gasteiger partial charge on any atom is 0.236 e. The van der Waals surface area contributed by atoms with Gasteiger partial charge in [-0.2, -0.15) is 0 Å². The molecule has 0 bridgehead atoms. The molecule has 3 heterocycles. The van der Waals surface area contributed by atoms with E-state index in [4.69, 9.17) is 9.47 Å². The van der Waals surface area contributed by atoms with Gasteiger partial charge >= 0.3 is 0 Å². The van der Waals surface area contributed by atoms with Gasteiger partial charge in [-0.1, -0.05) is 0 Å². The Kier molecular flexibility index (Phi) is 4.90. The van der Waals surface area contributed by atoms with Crippen LogP contribution < -0.4 is 9.47 Å². The fourth-order valence-corrected chi connectivity index (χ4v) is 5.03. The van der Waals surface area contributed by atoms with Gasteiger partial charge in [0, 0.05) is 29.3 Å². The van der Waals surface area contributed by atoms with E-state index in [0.29, 0.717) is 13.2 Å². The molecule has 0 N–H and O–H groups in total. The van der Waals surface area contributed by atoms with Gasteiger partial charge in [-0.05, 0) is 48.6 Å². The molecule has 1 unspecified atom stereocenters. The Morgan fingerprint density at radius 2 is 2.08 bits per heavy atom. The largest absolute Gasteiger partial charge is 0.490 e. The first kappa shape index (κ1) is 16.8. The van der Waals surface area contributed by atoms with Crippen molar-refractivity contribution >= 4 is 29.0 Å². The molecule has 1 amide bonds. The molecule has 2 aliphatic heterocycles. The first-order valence-electron chi connectivity index (χ1n) is 8.61. The Hall–Kier alpha value is -1.66. The Morgan fingerprint density at radius 1 is 1.24 bits per heavy atom. The molecule has 0 aliphatic carbocycles. The zero-order valence-electron chi connectivity index (χ0n) is 14.2. The maximum atomic E-state index is 12.8. The van der Waals surface area contributed by atoms with Crippen LogP contribution in [0.15, 0.2) is 34.5 Å². The quantitative estimate of drug-likeness (QED) is 0.761. The van der Waals surface area contributed by atoms with E-state index in [1.165, 1.54) is 10.4 Å². The number of ether oxygens (including phenoxy) is 2. The van der Waals surface area contributed by atoms with Gasteiger partial charge in [-0.25, -0.2) is 0 Å². The normalized spacial score (nSPS) is 17.6. The van der Waals surface area contributed by atoms with E-state index in [1.807, 2.05) is 30.0 Å². The van der Waals surface area contributed by atoms with Crippen molar-refractivity contribution in [2.75, 3.05) is 19.8 Å². The summed E-state index contributed by atoms with van der Waals surface area (Å²) >= 11 is 3.38. The Bertz CT molecular complexity index is 774. The summed E-state index contributed by atoms with van der Waals surface area (Å²) in [5, 5.41) is 2.00. The summed E-state index contributed by atoms with van der Waals surface area (Å²) in [5.74, 6) is 1.78. The average Bonchev–Trinajstić information content (AvgIpc) is 2.97. The fourth-order valence-electron chi connectivity index (χ4n) is 3.17. The van der Waals surface area contributed by atoms with Crippen LogP contribution in [0.2, 0.25) is 0 Å². The topological polar surface area (TPSA) is 38.8 Å². The molecule has 1 atom stereocenters. The summed E-state index contributed by atoms with van der Waals surface area (Å²) in [4.78, 5) is 17.3. The van der Waals surface area contributed by atoms with E-state index >= 15 is 0 Å². The van der Waals surface area contributed by atoms with Crippen molar-refractivity contribution in [1.82, 2.24) is 4.90 Å². The molecule has 0 saturated carbocycles. The highest BCUT2D eigenvalue weighted by Crippen LogP contribution is 2.36. The van der Waals surface area contributed by atoms with Crippen LogP contribution in [0.25, 0.3) is 0 Å². The van der Waals surface area contributed by atoms with E-state index in [1.54, 1.807) is 23.1 Å². The summed E-state index contributed by atoms with van der Waals surface area (Å²) in [6.45, 7) is 4.90. The fraction of sp³-hybridized carbons (Fsp3) is 0.421. The molecule has 4 rings (SSSR count). The Balaban J connectivity index is 1.42. The number of carbonyl (C=O) groups excluding carboxylic acids is 1.